The van der Waals surface area contributed by atoms with Crippen LogP contribution >= 0.6 is 0 Å². The molecule has 0 aromatic heterocycles. The molecule has 0 N–H and O–H groups in total. The highest BCUT2D eigenvalue weighted by molar-refractivity contribution is 5.90. The van der Waals surface area contributed by atoms with Gasteiger partial charge >= 0.3 is 5.97 Å². The molecule has 0 amide bonds. The molecule has 80 valence electrons. The third-order valence-corrected chi connectivity index (χ3v) is 2.06. The molecule has 0 unspecified atom stereocenters. The molecule has 2 heteroatoms. The molecule has 0 atom stereocenters. The van der Waals surface area contributed by atoms with Crippen LogP contribution in [0.4, 0.5) is 0 Å². The van der Waals surface area contributed by atoms with Crippen molar-refractivity contribution >= 4 is 5.97 Å². The first-order valence-electron chi connectivity index (χ1n) is 4.88. The highest BCUT2D eigenvalue weighted by atomic mass is 16.5. The summed E-state index contributed by atoms with van der Waals surface area (Å²) in [5, 5.41) is 0. The first kappa shape index (κ1) is 11.5. The van der Waals surface area contributed by atoms with E-state index in [0.29, 0.717) is 11.3 Å². The number of carbonyl (C=O) groups excluding carboxylic acids is 1. The molecule has 0 bridgehead atoms. The summed E-state index contributed by atoms with van der Waals surface area (Å²) < 4.78 is 5.17. The summed E-state index contributed by atoms with van der Waals surface area (Å²) in [4.78, 5) is 11.6. The number of rotatable bonds is 2. The van der Waals surface area contributed by atoms with Gasteiger partial charge in [-0.3, -0.25) is 0 Å². The van der Waals surface area contributed by atoms with Crippen molar-refractivity contribution in [3.63, 3.8) is 0 Å². The fourth-order valence-corrected chi connectivity index (χ4v) is 0.898. The summed E-state index contributed by atoms with van der Waals surface area (Å²) in [6, 6.07) is 8.90. The van der Waals surface area contributed by atoms with Crippen LogP contribution in [0.15, 0.2) is 42.7 Å². The number of benzene rings is 1. The zero-order chi connectivity index (χ0) is 11.5. The summed E-state index contributed by atoms with van der Waals surface area (Å²) in [6.07, 6.45) is 0. The van der Waals surface area contributed by atoms with Gasteiger partial charge in [-0.2, -0.15) is 0 Å². The van der Waals surface area contributed by atoms with E-state index in [1.54, 1.807) is 24.3 Å². The van der Waals surface area contributed by atoms with E-state index in [2.05, 4.69) is 6.58 Å². The average molecular weight is 204 g/mol. The molecule has 2 nitrogen and oxygen atoms in total. The highest BCUT2D eigenvalue weighted by Crippen LogP contribution is 2.25. The van der Waals surface area contributed by atoms with Crippen LogP contribution in [0.3, 0.4) is 0 Å². The zero-order valence-corrected chi connectivity index (χ0v) is 9.41. The largest absolute Gasteiger partial charge is 0.428 e. The maximum atomic E-state index is 11.6. The fraction of sp³-hybridized carbons (Fsp3) is 0.308. The van der Waals surface area contributed by atoms with Gasteiger partial charge in [0.2, 0.25) is 0 Å². The van der Waals surface area contributed by atoms with Gasteiger partial charge in [0.15, 0.2) is 0 Å². The molecular weight excluding hydrogens is 188 g/mol. The molecule has 1 aromatic carbocycles. The molecule has 0 aliphatic rings. The predicted octanol–water partition coefficient (Wildman–Crippen LogP) is 3.40. The Morgan fingerprint density at radius 2 is 1.73 bits per heavy atom. The van der Waals surface area contributed by atoms with Gasteiger partial charge < -0.3 is 4.74 Å². The van der Waals surface area contributed by atoms with Crippen LogP contribution in [0.2, 0.25) is 0 Å². The monoisotopic (exact) mass is 204 g/mol. The Labute approximate surface area is 90.6 Å². The molecule has 0 aliphatic carbocycles. The van der Waals surface area contributed by atoms with Crippen molar-refractivity contribution in [2.75, 3.05) is 0 Å². The van der Waals surface area contributed by atoms with E-state index in [-0.39, 0.29) is 11.4 Å². The lowest BCUT2D eigenvalue weighted by Gasteiger charge is -2.20. The Hall–Kier alpha value is -1.57. The second-order valence-electron chi connectivity index (χ2n) is 4.43. The van der Waals surface area contributed by atoms with Crippen LogP contribution in [0, 0.1) is 5.41 Å². The fourth-order valence-electron chi connectivity index (χ4n) is 0.898. The van der Waals surface area contributed by atoms with Crippen molar-refractivity contribution in [2.24, 2.45) is 5.41 Å². The van der Waals surface area contributed by atoms with Gasteiger partial charge in [0.05, 0.1) is 5.56 Å². The molecule has 1 aromatic rings. The molecule has 1 rings (SSSR count). The van der Waals surface area contributed by atoms with Gasteiger partial charge in [-0.25, -0.2) is 4.79 Å². The number of ether oxygens (including phenoxy) is 1. The van der Waals surface area contributed by atoms with Crippen LogP contribution in [-0.2, 0) is 4.74 Å². The minimum absolute atomic E-state index is 0.218. The molecule has 0 saturated heterocycles. The molecule has 0 spiro atoms. The zero-order valence-electron chi connectivity index (χ0n) is 9.41. The minimum atomic E-state index is -0.351. The summed E-state index contributed by atoms with van der Waals surface area (Å²) >= 11 is 0. The van der Waals surface area contributed by atoms with Crippen molar-refractivity contribution in [2.45, 2.75) is 20.8 Å². The van der Waals surface area contributed by atoms with Gasteiger partial charge in [-0.1, -0.05) is 45.5 Å². The first-order valence-corrected chi connectivity index (χ1v) is 4.88. The quantitative estimate of drug-likeness (QED) is 0.545. The van der Waals surface area contributed by atoms with E-state index < -0.39 is 0 Å². The van der Waals surface area contributed by atoms with E-state index in [9.17, 15) is 4.79 Å². The summed E-state index contributed by atoms with van der Waals surface area (Å²) in [5.41, 5.74) is 0.327. The van der Waals surface area contributed by atoms with Crippen LogP contribution < -0.4 is 0 Å². The number of carbonyl (C=O) groups is 1. The van der Waals surface area contributed by atoms with Crippen molar-refractivity contribution in [1.29, 1.82) is 0 Å². The minimum Gasteiger partial charge on any atom is -0.428 e. The Bertz CT molecular complexity index is 358. The van der Waals surface area contributed by atoms with Gasteiger partial charge in [-0.05, 0) is 12.1 Å². The molecule has 0 saturated carbocycles. The topological polar surface area (TPSA) is 26.3 Å². The third kappa shape index (κ3) is 3.24. The van der Waals surface area contributed by atoms with E-state index in [1.807, 2.05) is 26.8 Å². The SMILES string of the molecule is C=C(OC(=O)c1ccccc1)C(C)(C)C. The van der Waals surface area contributed by atoms with Crippen molar-refractivity contribution in [1.82, 2.24) is 0 Å². The standard InChI is InChI=1S/C13H16O2/c1-10(13(2,3)4)15-12(14)11-8-6-5-7-9-11/h5-9H,1H2,2-4H3. The van der Waals surface area contributed by atoms with E-state index in [4.69, 9.17) is 4.74 Å². The van der Waals surface area contributed by atoms with Crippen LogP contribution in [-0.4, -0.2) is 5.97 Å². The lowest BCUT2D eigenvalue weighted by atomic mass is 9.95. The number of allylic oxidation sites excluding steroid dienone is 1. The van der Waals surface area contributed by atoms with Gasteiger partial charge in [-0.15, -0.1) is 0 Å². The van der Waals surface area contributed by atoms with E-state index in [1.165, 1.54) is 0 Å². The van der Waals surface area contributed by atoms with Crippen molar-refractivity contribution in [3.05, 3.63) is 48.2 Å². The average Bonchev–Trinajstić information content (AvgIpc) is 2.17. The number of esters is 1. The molecule has 0 heterocycles. The van der Waals surface area contributed by atoms with E-state index in [0.717, 1.165) is 0 Å². The highest BCUT2D eigenvalue weighted by Gasteiger charge is 2.19. The normalized spacial score (nSPS) is 10.9. The lowest BCUT2D eigenvalue weighted by molar-refractivity contribution is 0.0559. The van der Waals surface area contributed by atoms with Gasteiger partial charge in [0.25, 0.3) is 0 Å². The molecule has 0 radical (unpaired) electrons. The smallest absolute Gasteiger partial charge is 0.343 e. The third-order valence-electron chi connectivity index (χ3n) is 2.06. The second-order valence-corrected chi connectivity index (χ2v) is 4.43. The van der Waals surface area contributed by atoms with Crippen LogP contribution in [0.5, 0.6) is 0 Å². The Morgan fingerprint density at radius 1 is 1.20 bits per heavy atom. The lowest BCUT2D eigenvalue weighted by Crippen LogP contribution is -2.15. The Balaban J connectivity index is 2.70. The molecule has 0 aliphatic heterocycles. The van der Waals surface area contributed by atoms with Crippen molar-refractivity contribution in [3.8, 4) is 0 Å². The summed E-state index contributed by atoms with van der Waals surface area (Å²) in [7, 11) is 0. The van der Waals surface area contributed by atoms with Crippen LogP contribution in [0.1, 0.15) is 31.1 Å². The maximum absolute atomic E-state index is 11.6. The maximum Gasteiger partial charge on any atom is 0.343 e. The second kappa shape index (κ2) is 4.30. The molecular formula is C13H16O2. The number of hydrogen-bond acceptors (Lipinski definition) is 2. The first-order chi connectivity index (χ1) is 6.91. The van der Waals surface area contributed by atoms with Crippen LogP contribution in [0.25, 0.3) is 0 Å². The predicted molar refractivity (Wildman–Crippen MR) is 60.5 cm³/mol. The Morgan fingerprint density at radius 3 is 2.20 bits per heavy atom. The molecule has 15 heavy (non-hydrogen) atoms. The Kier molecular flexibility index (Phi) is 3.30. The van der Waals surface area contributed by atoms with Crippen molar-refractivity contribution < 1.29 is 9.53 Å². The van der Waals surface area contributed by atoms with Gasteiger partial charge in [0.1, 0.15) is 5.76 Å². The molecule has 0 fully saturated rings. The summed E-state index contributed by atoms with van der Waals surface area (Å²) in [6.45, 7) is 9.60. The van der Waals surface area contributed by atoms with E-state index >= 15 is 0 Å². The number of hydrogen-bond donors (Lipinski definition) is 0. The summed E-state index contributed by atoms with van der Waals surface area (Å²) in [5.74, 6) is 0.131. The van der Waals surface area contributed by atoms with Gasteiger partial charge in [0, 0.05) is 5.41 Å².